The standard InChI is InChI=1S/C27H32N2O5/c1-30-22-11-9-17(14-24(22)32-3)20-15-18-8-6-7-13-29(18)21(16-28)25(20)19-10-12-23(31-2)27(34-5)26(19)33-4/h9-12,14,18,20H,6-8,13,15H2,1-5H3/t18-,20+/m1/s1. The molecule has 0 aromatic heterocycles. The van der Waals surface area contributed by atoms with Crippen molar-refractivity contribution in [1.29, 1.82) is 5.26 Å². The van der Waals surface area contributed by atoms with Crippen molar-refractivity contribution in [2.24, 2.45) is 0 Å². The van der Waals surface area contributed by atoms with Gasteiger partial charge in [-0.25, -0.2) is 0 Å². The Morgan fingerprint density at radius 2 is 1.53 bits per heavy atom. The second-order valence-electron chi connectivity index (χ2n) is 8.50. The van der Waals surface area contributed by atoms with Crippen molar-refractivity contribution in [1.82, 2.24) is 4.90 Å². The lowest BCUT2D eigenvalue weighted by molar-refractivity contribution is 0.177. The molecule has 0 amide bonds. The van der Waals surface area contributed by atoms with Gasteiger partial charge in [-0.3, -0.25) is 0 Å². The van der Waals surface area contributed by atoms with Crippen LogP contribution < -0.4 is 23.7 Å². The van der Waals surface area contributed by atoms with Crippen molar-refractivity contribution < 1.29 is 23.7 Å². The van der Waals surface area contributed by atoms with Crippen LogP contribution in [0.15, 0.2) is 36.0 Å². The first kappa shape index (κ1) is 23.6. The molecule has 0 bridgehead atoms. The van der Waals surface area contributed by atoms with Crippen molar-refractivity contribution >= 4 is 5.57 Å². The van der Waals surface area contributed by atoms with Crippen LogP contribution in [0.2, 0.25) is 0 Å². The van der Waals surface area contributed by atoms with Crippen LogP contribution in [0.4, 0.5) is 0 Å². The average molecular weight is 465 g/mol. The molecule has 2 aromatic carbocycles. The van der Waals surface area contributed by atoms with E-state index in [-0.39, 0.29) is 5.92 Å². The third-order valence-electron chi connectivity index (χ3n) is 6.94. The number of nitriles is 1. The van der Waals surface area contributed by atoms with E-state index in [0.29, 0.717) is 40.5 Å². The van der Waals surface area contributed by atoms with Gasteiger partial charge >= 0.3 is 0 Å². The fourth-order valence-corrected chi connectivity index (χ4v) is 5.38. The molecule has 1 saturated heterocycles. The number of allylic oxidation sites excluding steroid dienone is 2. The van der Waals surface area contributed by atoms with E-state index in [9.17, 15) is 5.26 Å². The molecule has 2 aromatic rings. The molecule has 2 aliphatic heterocycles. The fraction of sp³-hybridized carbons (Fsp3) is 0.444. The van der Waals surface area contributed by atoms with Gasteiger partial charge in [0, 0.05) is 29.6 Å². The summed E-state index contributed by atoms with van der Waals surface area (Å²) in [6, 6.07) is 12.7. The van der Waals surface area contributed by atoms with E-state index >= 15 is 0 Å². The third-order valence-corrected chi connectivity index (χ3v) is 6.94. The molecular weight excluding hydrogens is 432 g/mol. The van der Waals surface area contributed by atoms with Crippen molar-refractivity contribution in [3.63, 3.8) is 0 Å². The molecule has 2 aliphatic rings. The molecule has 7 heteroatoms. The van der Waals surface area contributed by atoms with Crippen LogP contribution in [0.5, 0.6) is 28.7 Å². The lowest BCUT2D eigenvalue weighted by atomic mass is 9.75. The number of methoxy groups -OCH3 is 5. The highest BCUT2D eigenvalue weighted by molar-refractivity contribution is 5.83. The SMILES string of the molecule is COc1ccc([C@@H]2C[C@H]3CCCCN3C(C#N)=C2c2ccc(OC)c(OC)c2OC)cc1OC. The molecule has 0 spiro atoms. The molecule has 34 heavy (non-hydrogen) atoms. The normalized spacial score (nSPS) is 19.7. The molecule has 4 rings (SSSR count). The fourth-order valence-electron chi connectivity index (χ4n) is 5.38. The molecule has 0 saturated carbocycles. The maximum absolute atomic E-state index is 10.4. The molecule has 0 unspecified atom stereocenters. The molecule has 0 aliphatic carbocycles. The van der Waals surface area contributed by atoms with Crippen LogP contribution in [0.1, 0.15) is 42.7 Å². The molecule has 2 atom stereocenters. The first-order chi connectivity index (χ1) is 16.6. The highest BCUT2D eigenvalue weighted by Gasteiger charge is 2.39. The highest BCUT2D eigenvalue weighted by Crippen LogP contribution is 2.52. The minimum absolute atomic E-state index is 0.0270. The number of benzene rings is 2. The Balaban J connectivity index is 1.98. The maximum atomic E-state index is 10.4. The van der Waals surface area contributed by atoms with Crippen LogP contribution in [0.3, 0.4) is 0 Å². The van der Waals surface area contributed by atoms with Crippen molar-refractivity contribution in [3.05, 3.63) is 47.2 Å². The predicted molar refractivity (Wildman–Crippen MR) is 130 cm³/mol. The topological polar surface area (TPSA) is 73.2 Å². The quantitative estimate of drug-likeness (QED) is 0.570. The lowest BCUT2D eigenvalue weighted by Crippen LogP contribution is -2.43. The number of piperidine rings is 1. The summed E-state index contributed by atoms with van der Waals surface area (Å²) >= 11 is 0. The highest BCUT2D eigenvalue weighted by atomic mass is 16.5. The van der Waals surface area contributed by atoms with Crippen LogP contribution >= 0.6 is 0 Å². The Bertz CT molecular complexity index is 1120. The van der Waals surface area contributed by atoms with E-state index in [4.69, 9.17) is 23.7 Å². The summed E-state index contributed by atoms with van der Waals surface area (Å²) in [6.45, 7) is 0.880. The third kappa shape index (κ3) is 3.98. The Morgan fingerprint density at radius 3 is 2.18 bits per heavy atom. The van der Waals surface area contributed by atoms with Gasteiger partial charge < -0.3 is 28.6 Å². The van der Waals surface area contributed by atoms with E-state index < -0.39 is 0 Å². The van der Waals surface area contributed by atoms with E-state index in [1.165, 1.54) is 6.42 Å². The molecule has 7 nitrogen and oxygen atoms in total. The molecule has 180 valence electrons. The molecule has 2 heterocycles. The van der Waals surface area contributed by atoms with Crippen molar-refractivity contribution in [3.8, 4) is 34.8 Å². The van der Waals surface area contributed by atoms with Gasteiger partial charge in [0.1, 0.15) is 11.8 Å². The number of hydrogen-bond acceptors (Lipinski definition) is 7. The van der Waals surface area contributed by atoms with E-state index in [0.717, 1.165) is 42.5 Å². The Kier molecular flexibility index (Phi) is 7.06. The first-order valence-electron chi connectivity index (χ1n) is 11.5. The summed E-state index contributed by atoms with van der Waals surface area (Å²) < 4.78 is 28.1. The summed E-state index contributed by atoms with van der Waals surface area (Å²) in [5, 5.41) is 10.4. The summed E-state index contributed by atoms with van der Waals surface area (Å²) in [5.41, 5.74) is 3.54. The van der Waals surface area contributed by atoms with E-state index in [1.807, 2.05) is 24.3 Å². The summed E-state index contributed by atoms with van der Waals surface area (Å²) in [5.74, 6) is 2.97. The summed E-state index contributed by atoms with van der Waals surface area (Å²) in [4.78, 5) is 2.28. The van der Waals surface area contributed by atoms with Gasteiger partial charge in [-0.05, 0) is 55.5 Å². The summed E-state index contributed by atoms with van der Waals surface area (Å²) in [7, 11) is 8.08. The second kappa shape index (κ2) is 10.2. The first-order valence-corrected chi connectivity index (χ1v) is 11.5. The number of ether oxygens (including phenoxy) is 5. The van der Waals surface area contributed by atoms with Gasteiger partial charge in [0.05, 0.1) is 35.5 Å². The minimum atomic E-state index is -0.0270. The van der Waals surface area contributed by atoms with Crippen molar-refractivity contribution in [2.75, 3.05) is 42.1 Å². The van der Waals surface area contributed by atoms with Gasteiger partial charge in [-0.2, -0.15) is 5.26 Å². The smallest absolute Gasteiger partial charge is 0.203 e. The van der Waals surface area contributed by atoms with Gasteiger partial charge in [-0.15, -0.1) is 0 Å². The monoisotopic (exact) mass is 464 g/mol. The van der Waals surface area contributed by atoms with Gasteiger partial charge in [0.25, 0.3) is 0 Å². The van der Waals surface area contributed by atoms with Crippen molar-refractivity contribution in [2.45, 2.75) is 37.6 Å². The minimum Gasteiger partial charge on any atom is -0.493 e. The van der Waals surface area contributed by atoms with Crippen LogP contribution in [0.25, 0.3) is 5.57 Å². The summed E-state index contributed by atoms with van der Waals surface area (Å²) in [6.07, 6.45) is 4.23. The van der Waals surface area contributed by atoms with Crippen LogP contribution in [-0.4, -0.2) is 53.0 Å². The number of fused-ring (bicyclic) bond motifs is 1. The van der Waals surface area contributed by atoms with Gasteiger partial charge in [0.15, 0.2) is 23.0 Å². The molecular formula is C27H32N2O5. The maximum Gasteiger partial charge on any atom is 0.203 e. The van der Waals surface area contributed by atoms with Gasteiger partial charge in [0.2, 0.25) is 5.75 Å². The zero-order chi connectivity index (χ0) is 24.2. The number of nitrogens with zero attached hydrogens (tertiary/aromatic N) is 2. The van der Waals surface area contributed by atoms with Gasteiger partial charge in [-0.1, -0.05) is 6.07 Å². The van der Waals surface area contributed by atoms with E-state index in [1.54, 1.807) is 35.5 Å². The lowest BCUT2D eigenvalue weighted by Gasteiger charge is -2.45. The van der Waals surface area contributed by atoms with Crippen LogP contribution in [-0.2, 0) is 0 Å². The second-order valence-corrected chi connectivity index (χ2v) is 8.50. The molecule has 0 N–H and O–H groups in total. The zero-order valence-electron chi connectivity index (χ0n) is 20.5. The number of hydrogen-bond donors (Lipinski definition) is 0. The largest absolute Gasteiger partial charge is 0.493 e. The van der Waals surface area contributed by atoms with E-state index in [2.05, 4.69) is 17.0 Å². The Labute approximate surface area is 201 Å². The number of rotatable bonds is 7. The predicted octanol–water partition coefficient (Wildman–Crippen LogP) is 5.01. The molecule has 1 fully saturated rings. The Morgan fingerprint density at radius 1 is 0.824 bits per heavy atom. The molecule has 0 radical (unpaired) electrons. The Hall–Kier alpha value is -3.53. The zero-order valence-corrected chi connectivity index (χ0v) is 20.5. The van der Waals surface area contributed by atoms with Crippen LogP contribution in [0, 0.1) is 11.3 Å². The average Bonchev–Trinajstić information content (AvgIpc) is 2.90.